The zero-order chi connectivity index (χ0) is 17.5. The fourth-order valence-electron chi connectivity index (χ4n) is 2.90. The Morgan fingerprint density at radius 3 is 2.92 bits per heavy atom. The van der Waals surface area contributed by atoms with Gasteiger partial charge in [0.05, 0.1) is 19.1 Å². The number of carbonyl (C=O) groups is 1. The molecule has 0 saturated carbocycles. The molecule has 0 N–H and O–H groups in total. The normalized spacial score (nSPS) is 15.8. The lowest BCUT2D eigenvalue weighted by Crippen LogP contribution is -2.30. The quantitative estimate of drug-likeness (QED) is 0.572. The van der Waals surface area contributed by atoms with Crippen LogP contribution in [0.25, 0.3) is 0 Å². The minimum absolute atomic E-state index is 0.192. The maximum absolute atomic E-state index is 12.3. The third-order valence-electron chi connectivity index (χ3n) is 4.19. The number of ether oxygens (including phenoxy) is 3. The van der Waals surface area contributed by atoms with Crippen molar-refractivity contribution in [1.82, 2.24) is 4.98 Å². The van der Waals surface area contributed by atoms with E-state index in [1.54, 1.807) is 12.4 Å². The molecule has 2 aromatic rings. The summed E-state index contributed by atoms with van der Waals surface area (Å²) in [5.41, 5.74) is 2.19. The van der Waals surface area contributed by atoms with Gasteiger partial charge in [0.1, 0.15) is 18.1 Å². The first kappa shape index (κ1) is 17.3. The molecule has 5 heteroatoms. The molecule has 0 radical (unpaired) electrons. The fourth-order valence-corrected chi connectivity index (χ4v) is 2.90. The van der Waals surface area contributed by atoms with Crippen molar-refractivity contribution >= 4 is 5.97 Å². The molecule has 132 valence electrons. The third-order valence-corrected chi connectivity index (χ3v) is 4.19. The van der Waals surface area contributed by atoms with Crippen molar-refractivity contribution < 1.29 is 19.0 Å². The standard InChI is InChI=1S/C20H23NO4/c1-2-23-18-5-6-19-16(13-18)12-17(14-25-19)20(22)24-11-3-4-15-7-9-21-10-8-15/h5-10,13,17H,2-4,11-12,14H2,1H3. The van der Waals surface area contributed by atoms with Gasteiger partial charge in [-0.3, -0.25) is 9.78 Å². The lowest BCUT2D eigenvalue weighted by molar-refractivity contribution is -0.150. The van der Waals surface area contributed by atoms with E-state index in [1.165, 1.54) is 5.56 Å². The molecule has 1 aliphatic rings. The predicted molar refractivity (Wildman–Crippen MR) is 93.8 cm³/mol. The van der Waals surface area contributed by atoms with Crippen LogP contribution in [0, 0.1) is 5.92 Å². The molecule has 0 fully saturated rings. The molecular formula is C20H23NO4. The van der Waals surface area contributed by atoms with Crippen LogP contribution in [-0.4, -0.2) is 30.8 Å². The highest BCUT2D eigenvalue weighted by molar-refractivity contribution is 5.73. The Balaban J connectivity index is 1.47. The number of pyridine rings is 1. The SMILES string of the molecule is CCOc1ccc2c(c1)CC(C(=O)OCCCc1ccncc1)CO2. The van der Waals surface area contributed by atoms with Gasteiger partial charge in [0, 0.05) is 12.4 Å². The molecule has 0 amide bonds. The highest BCUT2D eigenvalue weighted by Crippen LogP contribution is 2.31. The summed E-state index contributed by atoms with van der Waals surface area (Å²) in [5.74, 6) is 1.17. The smallest absolute Gasteiger partial charge is 0.312 e. The van der Waals surface area contributed by atoms with Crippen LogP contribution in [0.1, 0.15) is 24.5 Å². The van der Waals surface area contributed by atoms with Crippen LogP contribution >= 0.6 is 0 Å². The van der Waals surface area contributed by atoms with Gasteiger partial charge in [-0.15, -0.1) is 0 Å². The fraction of sp³-hybridized carbons (Fsp3) is 0.400. The van der Waals surface area contributed by atoms with E-state index in [4.69, 9.17) is 14.2 Å². The number of hydrogen-bond acceptors (Lipinski definition) is 5. The van der Waals surface area contributed by atoms with Gasteiger partial charge in [0.2, 0.25) is 0 Å². The number of benzene rings is 1. The minimum atomic E-state index is -0.259. The Hall–Kier alpha value is -2.56. The molecular weight excluding hydrogens is 318 g/mol. The highest BCUT2D eigenvalue weighted by Gasteiger charge is 2.27. The van der Waals surface area contributed by atoms with Crippen molar-refractivity contribution in [3.8, 4) is 11.5 Å². The topological polar surface area (TPSA) is 57.7 Å². The van der Waals surface area contributed by atoms with Crippen LogP contribution in [0.3, 0.4) is 0 Å². The van der Waals surface area contributed by atoms with Crippen molar-refractivity contribution in [3.63, 3.8) is 0 Å². The predicted octanol–water partition coefficient (Wildman–Crippen LogP) is 3.21. The molecule has 0 saturated heterocycles. The Labute approximate surface area is 147 Å². The average molecular weight is 341 g/mol. The number of carbonyl (C=O) groups excluding carboxylic acids is 1. The van der Waals surface area contributed by atoms with Gasteiger partial charge in [-0.05, 0) is 67.6 Å². The largest absolute Gasteiger partial charge is 0.494 e. The number of aromatic nitrogens is 1. The van der Waals surface area contributed by atoms with Crippen molar-refractivity contribution in [2.24, 2.45) is 5.92 Å². The molecule has 1 aromatic carbocycles. The van der Waals surface area contributed by atoms with E-state index in [9.17, 15) is 4.79 Å². The molecule has 3 rings (SSSR count). The Morgan fingerprint density at radius 1 is 1.28 bits per heavy atom. The van der Waals surface area contributed by atoms with E-state index in [1.807, 2.05) is 37.3 Å². The molecule has 1 unspecified atom stereocenters. The number of rotatable bonds is 7. The van der Waals surface area contributed by atoms with Crippen molar-refractivity contribution in [2.45, 2.75) is 26.2 Å². The second-order valence-corrected chi connectivity index (χ2v) is 6.04. The Kier molecular flexibility index (Phi) is 5.88. The zero-order valence-corrected chi connectivity index (χ0v) is 14.4. The van der Waals surface area contributed by atoms with Crippen LogP contribution in [-0.2, 0) is 22.4 Å². The molecule has 1 aromatic heterocycles. The summed E-state index contributed by atoms with van der Waals surface area (Å²) in [6, 6.07) is 9.69. The first-order chi connectivity index (χ1) is 12.3. The number of hydrogen-bond donors (Lipinski definition) is 0. The lowest BCUT2D eigenvalue weighted by Gasteiger charge is -2.24. The summed E-state index contributed by atoms with van der Waals surface area (Å²) in [5, 5.41) is 0. The van der Waals surface area contributed by atoms with E-state index in [-0.39, 0.29) is 11.9 Å². The van der Waals surface area contributed by atoms with Crippen LogP contribution < -0.4 is 9.47 Å². The van der Waals surface area contributed by atoms with Gasteiger partial charge >= 0.3 is 5.97 Å². The van der Waals surface area contributed by atoms with Gasteiger partial charge in [0.15, 0.2) is 0 Å². The van der Waals surface area contributed by atoms with E-state index in [0.717, 1.165) is 29.9 Å². The maximum atomic E-state index is 12.3. The summed E-state index contributed by atoms with van der Waals surface area (Å²) < 4.78 is 16.6. The van der Waals surface area contributed by atoms with Crippen molar-refractivity contribution in [2.75, 3.05) is 19.8 Å². The van der Waals surface area contributed by atoms with Gasteiger partial charge in [-0.2, -0.15) is 0 Å². The first-order valence-electron chi connectivity index (χ1n) is 8.70. The number of aryl methyl sites for hydroxylation is 1. The molecule has 1 atom stereocenters. The Morgan fingerprint density at radius 2 is 2.12 bits per heavy atom. The minimum Gasteiger partial charge on any atom is -0.494 e. The van der Waals surface area contributed by atoms with E-state index >= 15 is 0 Å². The van der Waals surface area contributed by atoms with E-state index in [2.05, 4.69) is 4.98 Å². The summed E-state index contributed by atoms with van der Waals surface area (Å²) >= 11 is 0. The number of fused-ring (bicyclic) bond motifs is 1. The van der Waals surface area contributed by atoms with Crippen molar-refractivity contribution in [1.29, 1.82) is 0 Å². The molecule has 25 heavy (non-hydrogen) atoms. The zero-order valence-electron chi connectivity index (χ0n) is 14.4. The summed E-state index contributed by atoms with van der Waals surface area (Å²) in [6.45, 7) is 3.35. The number of esters is 1. The van der Waals surface area contributed by atoms with Gasteiger partial charge < -0.3 is 14.2 Å². The van der Waals surface area contributed by atoms with E-state index in [0.29, 0.717) is 26.2 Å². The van der Waals surface area contributed by atoms with Gasteiger partial charge in [0.25, 0.3) is 0 Å². The van der Waals surface area contributed by atoms with Crippen molar-refractivity contribution in [3.05, 3.63) is 53.9 Å². The van der Waals surface area contributed by atoms with Crippen LogP contribution in [0.2, 0.25) is 0 Å². The molecule has 0 spiro atoms. The summed E-state index contributed by atoms with van der Waals surface area (Å²) in [4.78, 5) is 16.3. The summed E-state index contributed by atoms with van der Waals surface area (Å²) in [7, 11) is 0. The number of nitrogens with zero attached hydrogens (tertiary/aromatic N) is 1. The monoisotopic (exact) mass is 341 g/mol. The van der Waals surface area contributed by atoms with Crippen LogP contribution in [0.15, 0.2) is 42.7 Å². The second kappa shape index (κ2) is 8.51. The third kappa shape index (κ3) is 4.72. The van der Waals surface area contributed by atoms with Crippen LogP contribution in [0.5, 0.6) is 11.5 Å². The average Bonchev–Trinajstić information content (AvgIpc) is 2.65. The highest BCUT2D eigenvalue weighted by atomic mass is 16.5. The van der Waals surface area contributed by atoms with Gasteiger partial charge in [-0.25, -0.2) is 0 Å². The maximum Gasteiger partial charge on any atom is 0.312 e. The molecule has 0 aliphatic carbocycles. The second-order valence-electron chi connectivity index (χ2n) is 6.04. The van der Waals surface area contributed by atoms with Crippen LogP contribution in [0.4, 0.5) is 0 Å². The molecule has 2 heterocycles. The molecule has 1 aliphatic heterocycles. The lowest BCUT2D eigenvalue weighted by atomic mass is 9.96. The first-order valence-corrected chi connectivity index (χ1v) is 8.70. The van der Waals surface area contributed by atoms with E-state index < -0.39 is 0 Å². The Bertz CT molecular complexity index is 702. The molecule has 0 bridgehead atoms. The molecule has 5 nitrogen and oxygen atoms in total. The van der Waals surface area contributed by atoms with Gasteiger partial charge in [-0.1, -0.05) is 0 Å². The summed E-state index contributed by atoms with van der Waals surface area (Å²) in [6.07, 6.45) is 5.84.